The van der Waals surface area contributed by atoms with E-state index in [0.717, 1.165) is 36.2 Å². The van der Waals surface area contributed by atoms with Crippen molar-refractivity contribution in [3.63, 3.8) is 0 Å². The normalized spacial score (nSPS) is 16.7. The molecule has 3 rings (SSSR count). The molecule has 28 heavy (non-hydrogen) atoms. The van der Waals surface area contributed by atoms with Crippen molar-refractivity contribution in [3.05, 3.63) is 42.0 Å². The lowest BCUT2D eigenvalue weighted by atomic mass is 9.90. The van der Waals surface area contributed by atoms with Gasteiger partial charge in [-0.2, -0.15) is 0 Å². The number of methoxy groups -OCH3 is 1. The molecule has 0 spiro atoms. The number of likely N-dealkylation sites (tertiary alicyclic amines) is 1. The quantitative estimate of drug-likeness (QED) is 0.433. The first-order valence-corrected chi connectivity index (χ1v) is 10.0. The summed E-state index contributed by atoms with van der Waals surface area (Å²) in [6, 6.07) is 6.21. The second-order valence-corrected chi connectivity index (χ2v) is 7.57. The highest BCUT2D eigenvalue weighted by atomic mass is 32.2. The van der Waals surface area contributed by atoms with Crippen LogP contribution in [0.5, 0.6) is 0 Å². The van der Waals surface area contributed by atoms with Crippen LogP contribution in [-0.4, -0.2) is 52.7 Å². The van der Waals surface area contributed by atoms with Gasteiger partial charge in [0.25, 0.3) is 0 Å². The molecule has 1 fully saturated rings. The number of halogens is 1. The van der Waals surface area contributed by atoms with Gasteiger partial charge < -0.3 is 9.64 Å². The summed E-state index contributed by atoms with van der Waals surface area (Å²) < 4.78 is 18.0. The molecule has 1 aromatic heterocycles. The Kier molecular flexibility index (Phi) is 6.61. The van der Waals surface area contributed by atoms with Gasteiger partial charge in [0.05, 0.1) is 18.6 Å². The van der Waals surface area contributed by atoms with Crippen molar-refractivity contribution in [1.29, 1.82) is 0 Å². The van der Waals surface area contributed by atoms with E-state index >= 15 is 0 Å². The van der Waals surface area contributed by atoms with Crippen LogP contribution in [0.3, 0.4) is 0 Å². The van der Waals surface area contributed by atoms with Crippen molar-refractivity contribution < 1.29 is 18.7 Å². The number of carbonyl (C=O) groups excluding carboxylic acids is 2. The summed E-state index contributed by atoms with van der Waals surface area (Å²) in [5.41, 5.74) is 2.46. The molecular formula is C20H22FN3O3S. The molecule has 1 unspecified atom stereocenters. The van der Waals surface area contributed by atoms with Gasteiger partial charge in [-0.15, -0.1) is 0 Å². The minimum Gasteiger partial charge on any atom is -0.468 e. The van der Waals surface area contributed by atoms with E-state index in [1.54, 1.807) is 25.3 Å². The second-order valence-electron chi connectivity index (χ2n) is 6.63. The number of amides is 1. The smallest absolute Gasteiger partial charge is 0.316 e. The Balaban J connectivity index is 1.95. The first-order valence-electron chi connectivity index (χ1n) is 9.06. The van der Waals surface area contributed by atoms with Crippen LogP contribution >= 0.6 is 11.8 Å². The number of hydrogen-bond donors (Lipinski definition) is 0. The summed E-state index contributed by atoms with van der Waals surface area (Å²) >= 11 is 1.21. The minimum absolute atomic E-state index is 0.0439. The molecule has 0 radical (unpaired) electrons. The van der Waals surface area contributed by atoms with E-state index in [2.05, 4.69) is 9.72 Å². The van der Waals surface area contributed by atoms with Gasteiger partial charge in [-0.25, -0.2) is 14.4 Å². The summed E-state index contributed by atoms with van der Waals surface area (Å²) in [7, 11) is 1.34. The van der Waals surface area contributed by atoms with E-state index in [9.17, 15) is 14.0 Å². The fourth-order valence-electron chi connectivity index (χ4n) is 3.28. The number of esters is 1. The molecule has 148 valence electrons. The predicted molar refractivity (Wildman–Crippen MR) is 104 cm³/mol. The third-order valence-corrected chi connectivity index (χ3v) is 5.59. The Bertz CT molecular complexity index is 860. The fourth-order valence-corrected chi connectivity index (χ4v) is 3.93. The molecule has 0 N–H and O–H groups in total. The molecular weight excluding hydrogens is 381 g/mol. The highest BCUT2D eigenvalue weighted by Crippen LogP contribution is 2.34. The molecule has 1 aliphatic heterocycles. The standard InChI is InChI=1S/C20H22FN3O3S/c1-13(25)24-9-3-4-15(11-24)19-17(14-5-7-16(21)8-6-14)10-22-20(23-19)28-12-18(26)27-2/h5-8,10,15H,3-4,9,11-12H2,1-2H3. The molecule has 1 aromatic carbocycles. The molecule has 0 bridgehead atoms. The third-order valence-electron chi connectivity index (χ3n) is 4.75. The van der Waals surface area contributed by atoms with E-state index < -0.39 is 0 Å². The molecule has 1 saturated heterocycles. The number of rotatable bonds is 5. The largest absolute Gasteiger partial charge is 0.468 e. The van der Waals surface area contributed by atoms with Crippen molar-refractivity contribution in [1.82, 2.24) is 14.9 Å². The third kappa shape index (κ3) is 4.86. The second kappa shape index (κ2) is 9.14. The number of nitrogens with zero attached hydrogens (tertiary/aromatic N) is 3. The Labute approximate surface area is 167 Å². The number of hydrogen-bond acceptors (Lipinski definition) is 6. The molecule has 8 heteroatoms. The van der Waals surface area contributed by atoms with Gasteiger partial charge in [-0.05, 0) is 30.5 Å². The molecule has 0 saturated carbocycles. The molecule has 1 atom stereocenters. The molecule has 2 heterocycles. The highest BCUT2D eigenvalue weighted by molar-refractivity contribution is 7.99. The summed E-state index contributed by atoms with van der Waals surface area (Å²) in [6.45, 7) is 2.90. The maximum Gasteiger partial charge on any atom is 0.316 e. The van der Waals surface area contributed by atoms with Crippen LogP contribution in [0.1, 0.15) is 31.4 Å². The van der Waals surface area contributed by atoms with Crippen LogP contribution < -0.4 is 0 Å². The fraction of sp³-hybridized carbons (Fsp3) is 0.400. The Morgan fingerprint density at radius 3 is 2.75 bits per heavy atom. The van der Waals surface area contributed by atoms with Crippen molar-refractivity contribution in [2.75, 3.05) is 26.0 Å². The van der Waals surface area contributed by atoms with Gasteiger partial charge in [0, 0.05) is 37.7 Å². The van der Waals surface area contributed by atoms with Gasteiger partial charge in [0.15, 0.2) is 5.16 Å². The number of piperidine rings is 1. The Morgan fingerprint density at radius 2 is 2.07 bits per heavy atom. The Morgan fingerprint density at radius 1 is 1.32 bits per heavy atom. The zero-order chi connectivity index (χ0) is 20.1. The lowest BCUT2D eigenvalue weighted by Crippen LogP contribution is -2.38. The number of aromatic nitrogens is 2. The van der Waals surface area contributed by atoms with Gasteiger partial charge in [-0.1, -0.05) is 23.9 Å². The summed E-state index contributed by atoms with van der Waals surface area (Å²) in [5, 5.41) is 0.478. The monoisotopic (exact) mass is 403 g/mol. The van der Waals surface area contributed by atoms with E-state index in [4.69, 9.17) is 4.98 Å². The average Bonchev–Trinajstić information content (AvgIpc) is 2.72. The summed E-state index contributed by atoms with van der Waals surface area (Å²) in [5.74, 6) is -0.438. The first kappa shape index (κ1) is 20.3. The van der Waals surface area contributed by atoms with Gasteiger partial charge in [0.2, 0.25) is 5.91 Å². The summed E-state index contributed by atoms with van der Waals surface area (Å²) in [6.07, 6.45) is 3.50. The number of thioether (sulfide) groups is 1. The molecule has 2 aromatic rings. The lowest BCUT2D eigenvalue weighted by Gasteiger charge is -2.32. The molecule has 1 amide bonds. The van der Waals surface area contributed by atoms with E-state index in [1.807, 2.05) is 4.90 Å². The Hall–Kier alpha value is -2.48. The van der Waals surface area contributed by atoms with Gasteiger partial charge >= 0.3 is 5.97 Å². The van der Waals surface area contributed by atoms with Crippen LogP contribution in [0.25, 0.3) is 11.1 Å². The van der Waals surface area contributed by atoms with Crippen LogP contribution in [-0.2, 0) is 14.3 Å². The summed E-state index contributed by atoms with van der Waals surface area (Å²) in [4.78, 5) is 34.2. The van der Waals surface area contributed by atoms with Crippen molar-refractivity contribution in [3.8, 4) is 11.1 Å². The number of ether oxygens (including phenoxy) is 1. The number of carbonyl (C=O) groups is 2. The van der Waals surface area contributed by atoms with Crippen molar-refractivity contribution >= 4 is 23.6 Å². The zero-order valence-corrected chi connectivity index (χ0v) is 16.7. The van der Waals surface area contributed by atoms with Gasteiger partial charge in [-0.3, -0.25) is 9.59 Å². The molecule has 0 aliphatic carbocycles. The topological polar surface area (TPSA) is 72.4 Å². The average molecular weight is 403 g/mol. The number of benzene rings is 1. The highest BCUT2D eigenvalue weighted by Gasteiger charge is 2.27. The predicted octanol–water partition coefficient (Wildman–Crippen LogP) is 3.27. The maximum atomic E-state index is 13.3. The van der Waals surface area contributed by atoms with Crippen molar-refractivity contribution in [2.24, 2.45) is 0 Å². The minimum atomic E-state index is -0.349. The SMILES string of the molecule is COC(=O)CSc1ncc(-c2ccc(F)cc2)c(C2CCCN(C(C)=O)C2)n1. The van der Waals surface area contributed by atoms with Crippen LogP contribution in [0.15, 0.2) is 35.6 Å². The first-order chi connectivity index (χ1) is 13.5. The van der Waals surface area contributed by atoms with Crippen LogP contribution in [0.4, 0.5) is 4.39 Å². The van der Waals surface area contributed by atoms with Crippen molar-refractivity contribution in [2.45, 2.75) is 30.8 Å². The molecule has 1 aliphatic rings. The molecule has 6 nitrogen and oxygen atoms in total. The van der Waals surface area contributed by atoms with E-state index in [0.29, 0.717) is 11.7 Å². The lowest BCUT2D eigenvalue weighted by molar-refractivity contribution is -0.137. The zero-order valence-electron chi connectivity index (χ0n) is 15.9. The van der Waals surface area contributed by atoms with Crippen LogP contribution in [0.2, 0.25) is 0 Å². The van der Waals surface area contributed by atoms with E-state index in [-0.39, 0.29) is 29.4 Å². The maximum absolute atomic E-state index is 13.3. The van der Waals surface area contributed by atoms with E-state index in [1.165, 1.54) is 31.0 Å². The van der Waals surface area contributed by atoms with Gasteiger partial charge in [0.1, 0.15) is 5.82 Å². The van der Waals surface area contributed by atoms with Crippen LogP contribution in [0, 0.1) is 5.82 Å².